The number of rotatable bonds is 5. The van der Waals surface area contributed by atoms with E-state index in [-0.39, 0.29) is 29.7 Å². The smallest absolute Gasteiger partial charge is 0.280 e. The number of hydrogen-bond acceptors (Lipinski definition) is 2. The molecule has 1 aliphatic heterocycles. The van der Waals surface area contributed by atoms with E-state index in [2.05, 4.69) is 34.9 Å². The topological polar surface area (TPSA) is 41.1 Å². The predicted molar refractivity (Wildman–Crippen MR) is 105 cm³/mol. The van der Waals surface area contributed by atoms with Gasteiger partial charge in [0.2, 0.25) is 5.91 Å². The monoisotopic (exact) mass is 408 g/mol. The lowest BCUT2D eigenvalue weighted by atomic mass is 9.65. The van der Waals surface area contributed by atoms with E-state index in [1.807, 2.05) is 6.07 Å². The summed E-state index contributed by atoms with van der Waals surface area (Å²) in [7, 11) is 0. The van der Waals surface area contributed by atoms with Crippen molar-refractivity contribution in [1.29, 1.82) is 0 Å². The third kappa shape index (κ3) is 2.32. The summed E-state index contributed by atoms with van der Waals surface area (Å²) in [6.07, 6.45) is 4.58. The van der Waals surface area contributed by atoms with Crippen LogP contribution >= 0.6 is 11.6 Å². The van der Waals surface area contributed by atoms with Crippen LogP contribution < -0.4 is 10.6 Å². The fourth-order valence-electron chi connectivity index (χ4n) is 7.31. The Morgan fingerprint density at radius 2 is 2.00 bits per heavy atom. The van der Waals surface area contributed by atoms with Gasteiger partial charge in [0, 0.05) is 5.88 Å². The summed E-state index contributed by atoms with van der Waals surface area (Å²) >= 11 is 6.19. The molecule has 6 rings (SSSR count). The minimum Gasteiger partial charge on any atom is -0.347 e. The Balaban J connectivity index is 1.48. The SMILES string of the molecule is O=C(NC1CCNCC1(F)F)C12CC3C[C@]1(CCCl)C[C@@]3(c1ccccc1)C2. The summed E-state index contributed by atoms with van der Waals surface area (Å²) < 4.78 is 28.7. The van der Waals surface area contributed by atoms with Gasteiger partial charge in [-0.15, -0.1) is 11.6 Å². The zero-order valence-corrected chi connectivity index (χ0v) is 16.7. The van der Waals surface area contributed by atoms with E-state index in [4.69, 9.17) is 11.6 Å². The van der Waals surface area contributed by atoms with Crippen LogP contribution in [-0.4, -0.2) is 36.8 Å². The van der Waals surface area contributed by atoms with Gasteiger partial charge in [-0.25, -0.2) is 8.78 Å². The van der Waals surface area contributed by atoms with Crippen molar-refractivity contribution >= 4 is 17.5 Å². The molecule has 1 saturated heterocycles. The summed E-state index contributed by atoms with van der Waals surface area (Å²) in [6.45, 7) is 0.144. The van der Waals surface area contributed by atoms with E-state index < -0.39 is 17.4 Å². The number of benzene rings is 1. The van der Waals surface area contributed by atoms with Gasteiger partial charge < -0.3 is 10.6 Å². The van der Waals surface area contributed by atoms with E-state index in [1.54, 1.807) is 0 Å². The Bertz CT molecular complexity index is 790. The second-order valence-electron chi connectivity index (χ2n) is 9.53. The molecule has 3 unspecified atom stereocenters. The summed E-state index contributed by atoms with van der Waals surface area (Å²) in [5, 5.41) is 5.54. The highest BCUT2D eigenvalue weighted by Crippen LogP contribution is 2.82. The number of nitrogens with one attached hydrogen (secondary N) is 2. The van der Waals surface area contributed by atoms with E-state index in [0.717, 1.165) is 32.1 Å². The molecule has 3 nitrogen and oxygen atoms in total. The Kier molecular flexibility index (Phi) is 4.13. The lowest BCUT2D eigenvalue weighted by Crippen LogP contribution is -2.60. The van der Waals surface area contributed by atoms with E-state index in [9.17, 15) is 13.6 Å². The molecule has 4 aliphatic carbocycles. The molecule has 2 N–H and O–H groups in total. The highest BCUT2D eigenvalue weighted by Gasteiger charge is 2.79. The van der Waals surface area contributed by atoms with Crippen molar-refractivity contribution < 1.29 is 13.6 Å². The van der Waals surface area contributed by atoms with Gasteiger partial charge in [0.15, 0.2) is 0 Å². The van der Waals surface area contributed by atoms with Crippen LogP contribution in [0.5, 0.6) is 0 Å². The van der Waals surface area contributed by atoms with Gasteiger partial charge in [-0.3, -0.25) is 4.79 Å². The molecule has 1 aromatic rings. The first-order valence-electron chi connectivity index (χ1n) is 10.4. The lowest BCUT2D eigenvalue weighted by molar-refractivity contribution is -0.141. The van der Waals surface area contributed by atoms with Crippen molar-refractivity contribution in [3.8, 4) is 0 Å². The van der Waals surface area contributed by atoms with Gasteiger partial charge in [-0.05, 0) is 67.4 Å². The molecule has 0 spiro atoms. The maximum Gasteiger partial charge on any atom is 0.280 e. The second kappa shape index (κ2) is 6.15. The zero-order valence-electron chi connectivity index (χ0n) is 15.9. The second-order valence-corrected chi connectivity index (χ2v) is 9.91. The molecule has 4 bridgehead atoms. The zero-order chi connectivity index (χ0) is 19.6. The third-order valence-electron chi connectivity index (χ3n) is 8.44. The van der Waals surface area contributed by atoms with E-state index >= 15 is 0 Å². The summed E-state index contributed by atoms with van der Waals surface area (Å²) in [6, 6.07) is 9.40. The molecule has 5 aliphatic rings. The van der Waals surface area contributed by atoms with E-state index in [0.29, 0.717) is 18.3 Å². The van der Waals surface area contributed by atoms with Crippen LogP contribution in [0.25, 0.3) is 0 Å². The fourth-order valence-corrected chi connectivity index (χ4v) is 7.67. The first-order chi connectivity index (χ1) is 13.4. The molecule has 1 aromatic carbocycles. The highest BCUT2D eigenvalue weighted by atomic mass is 35.5. The number of piperidine rings is 1. The predicted octanol–water partition coefficient (Wildman–Crippen LogP) is 3.86. The van der Waals surface area contributed by atoms with Crippen molar-refractivity contribution in [1.82, 2.24) is 10.6 Å². The Morgan fingerprint density at radius 3 is 2.71 bits per heavy atom. The number of amides is 1. The van der Waals surface area contributed by atoms with Crippen LogP contribution in [0.15, 0.2) is 30.3 Å². The summed E-state index contributed by atoms with van der Waals surface area (Å²) in [5.41, 5.74) is 0.599. The Labute approximate surface area is 169 Å². The maximum absolute atomic E-state index is 14.3. The van der Waals surface area contributed by atoms with Gasteiger partial charge in [-0.2, -0.15) is 0 Å². The first kappa shape index (κ1) is 18.8. The summed E-state index contributed by atoms with van der Waals surface area (Å²) in [5.74, 6) is -2.10. The quantitative estimate of drug-likeness (QED) is 0.726. The van der Waals surface area contributed by atoms with Crippen LogP contribution in [0.2, 0.25) is 0 Å². The largest absolute Gasteiger partial charge is 0.347 e. The number of carbonyl (C=O) groups is 1. The summed E-state index contributed by atoms with van der Waals surface area (Å²) in [4.78, 5) is 13.6. The van der Waals surface area contributed by atoms with Crippen LogP contribution in [0, 0.1) is 16.7 Å². The molecule has 5 atom stereocenters. The molecule has 152 valence electrons. The Hall–Kier alpha value is -1.20. The van der Waals surface area contributed by atoms with Gasteiger partial charge in [0.05, 0.1) is 18.0 Å². The molecular formula is C22H27ClF2N2O. The van der Waals surface area contributed by atoms with Gasteiger partial charge in [0.25, 0.3) is 5.92 Å². The number of alkyl halides is 3. The van der Waals surface area contributed by atoms with Gasteiger partial charge in [0.1, 0.15) is 0 Å². The lowest BCUT2D eigenvalue weighted by Gasteiger charge is -2.41. The molecule has 28 heavy (non-hydrogen) atoms. The highest BCUT2D eigenvalue weighted by molar-refractivity contribution is 6.17. The van der Waals surface area contributed by atoms with Crippen molar-refractivity contribution in [2.24, 2.45) is 16.7 Å². The molecule has 5 fully saturated rings. The molecule has 6 heteroatoms. The molecule has 1 amide bonds. The number of carbonyl (C=O) groups excluding carboxylic acids is 1. The van der Waals surface area contributed by atoms with Crippen LogP contribution in [-0.2, 0) is 10.2 Å². The number of hydrogen-bond donors (Lipinski definition) is 2. The minimum absolute atomic E-state index is 0.00129. The molecular weight excluding hydrogens is 382 g/mol. The molecule has 0 radical (unpaired) electrons. The molecule has 0 aromatic heterocycles. The minimum atomic E-state index is -2.90. The average Bonchev–Trinajstić information content (AvgIpc) is 3.34. The fraction of sp³-hybridized carbons (Fsp3) is 0.682. The maximum atomic E-state index is 14.3. The van der Waals surface area contributed by atoms with Crippen LogP contribution in [0.1, 0.15) is 44.1 Å². The Morgan fingerprint density at radius 1 is 1.21 bits per heavy atom. The normalized spacial score (nSPS) is 42.8. The standard InChI is InChI=1S/C22H27ClF2N2O/c23-8-7-19-10-16-11-21(19,13-20(16,12-19)15-4-2-1-3-5-15)18(28)27-17-6-9-26-14-22(17,24)25/h1-5,16-17,26H,6-14H2,(H,27,28)/t16?,17?,19-,20+,21?/m1/s1. The van der Waals surface area contributed by atoms with E-state index in [1.165, 1.54) is 5.56 Å². The van der Waals surface area contributed by atoms with Crippen LogP contribution in [0.3, 0.4) is 0 Å². The van der Waals surface area contributed by atoms with Crippen molar-refractivity contribution in [2.45, 2.75) is 55.9 Å². The average molecular weight is 409 g/mol. The third-order valence-corrected chi connectivity index (χ3v) is 8.63. The van der Waals surface area contributed by atoms with Crippen molar-refractivity contribution in [3.05, 3.63) is 35.9 Å². The van der Waals surface area contributed by atoms with Crippen LogP contribution in [0.4, 0.5) is 8.78 Å². The van der Waals surface area contributed by atoms with Gasteiger partial charge >= 0.3 is 0 Å². The first-order valence-corrected chi connectivity index (χ1v) is 10.9. The van der Waals surface area contributed by atoms with Crippen molar-refractivity contribution in [3.63, 3.8) is 0 Å². The van der Waals surface area contributed by atoms with Gasteiger partial charge in [-0.1, -0.05) is 30.3 Å². The molecule has 1 heterocycles. The molecule has 4 saturated carbocycles. The van der Waals surface area contributed by atoms with Crippen molar-refractivity contribution in [2.75, 3.05) is 19.0 Å². The number of halogens is 3.